The third-order valence-electron chi connectivity index (χ3n) is 8.45. The van der Waals surface area contributed by atoms with E-state index in [1.54, 1.807) is 6.92 Å². The minimum absolute atomic E-state index is 0.245. The number of rotatable bonds is 1. The molecule has 0 amide bonds. The number of hydrogen-bond acceptors (Lipinski definition) is 2. The SMILES string of the molecule is CC(=O)C1CC[C@H]2C3CCC4=CC(=O)CCC4(C)[C@H]3CCC12C. The van der Waals surface area contributed by atoms with E-state index in [-0.39, 0.29) is 10.8 Å². The Morgan fingerprint density at radius 1 is 1.04 bits per heavy atom. The molecule has 4 rings (SSSR count). The van der Waals surface area contributed by atoms with Gasteiger partial charge in [0.15, 0.2) is 5.78 Å². The van der Waals surface area contributed by atoms with E-state index in [0.29, 0.717) is 17.5 Å². The van der Waals surface area contributed by atoms with Gasteiger partial charge in [-0.2, -0.15) is 0 Å². The maximum Gasteiger partial charge on any atom is 0.155 e. The zero-order valence-corrected chi connectivity index (χ0v) is 14.9. The van der Waals surface area contributed by atoms with Crippen molar-refractivity contribution in [3.63, 3.8) is 0 Å². The van der Waals surface area contributed by atoms with Crippen LogP contribution in [0, 0.1) is 34.5 Å². The minimum atomic E-state index is 0.245. The lowest BCUT2D eigenvalue weighted by atomic mass is 9.47. The van der Waals surface area contributed by atoms with Gasteiger partial charge in [0.1, 0.15) is 5.78 Å². The molecule has 0 N–H and O–H groups in total. The molecule has 0 spiro atoms. The second-order valence-corrected chi connectivity index (χ2v) is 9.25. The first-order valence-electron chi connectivity index (χ1n) is 9.60. The molecular formula is C21H30O2. The summed E-state index contributed by atoms with van der Waals surface area (Å²) in [5.74, 6) is 3.29. The zero-order valence-electron chi connectivity index (χ0n) is 14.9. The van der Waals surface area contributed by atoms with Crippen molar-refractivity contribution in [2.45, 2.75) is 72.1 Å². The van der Waals surface area contributed by atoms with Crippen LogP contribution in [0.3, 0.4) is 0 Å². The van der Waals surface area contributed by atoms with Crippen molar-refractivity contribution in [1.82, 2.24) is 0 Å². The molecule has 0 heterocycles. The molecule has 6 atom stereocenters. The second kappa shape index (κ2) is 5.04. The smallest absolute Gasteiger partial charge is 0.155 e. The molecule has 0 bridgehead atoms. The van der Waals surface area contributed by atoms with Gasteiger partial charge < -0.3 is 0 Å². The summed E-state index contributed by atoms with van der Waals surface area (Å²) in [6.07, 6.45) is 10.9. The van der Waals surface area contributed by atoms with Crippen LogP contribution in [0.2, 0.25) is 0 Å². The first kappa shape index (κ1) is 15.6. The fraction of sp³-hybridized carbons (Fsp3) is 0.810. The predicted octanol–water partition coefficient (Wildman–Crippen LogP) is 4.72. The van der Waals surface area contributed by atoms with Crippen LogP contribution in [0.4, 0.5) is 0 Å². The van der Waals surface area contributed by atoms with E-state index >= 15 is 0 Å². The van der Waals surface area contributed by atoms with Gasteiger partial charge in [0.05, 0.1) is 0 Å². The van der Waals surface area contributed by atoms with Crippen LogP contribution in [0.1, 0.15) is 72.1 Å². The highest BCUT2D eigenvalue weighted by Crippen LogP contribution is 2.66. The number of fused-ring (bicyclic) bond motifs is 5. The summed E-state index contributed by atoms with van der Waals surface area (Å²) < 4.78 is 0. The van der Waals surface area contributed by atoms with Crippen molar-refractivity contribution in [3.05, 3.63) is 11.6 Å². The van der Waals surface area contributed by atoms with E-state index in [1.165, 1.54) is 31.3 Å². The van der Waals surface area contributed by atoms with Crippen LogP contribution in [0.25, 0.3) is 0 Å². The Balaban J connectivity index is 1.67. The van der Waals surface area contributed by atoms with E-state index in [1.807, 2.05) is 6.08 Å². The molecule has 4 aliphatic carbocycles. The predicted molar refractivity (Wildman–Crippen MR) is 90.9 cm³/mol. The van der Waals surface area contributed by atoms with Gasteiger partial charge in [0, 0.05) is 12.3 Å². The average Bonchev–Trinajstić information content (AvgIpc) is 2.85. The Hall–Kier alpha value is -0.920. The van der Waals surface area contributed by atoms with Crippen LogP contribution in [-0.4, -0.2) is 11.6 Å². The Labute approximate surface area is 140 Å². The van der Waals surface area contributed by atoms with Crippen LogP contribution < -0.4 is 0 Å². The molecule has 4 unspecified atom stereocenters. The molecule has 0 saturated heterocycles. The van der Waals surface area contributed by atoms with Gasteiger partial charge in [0.2, 0.25) is 0 Å². The normalized spacial score (nSPS) is 49.0. The Bertz CT molecular complexity index is 589. The zero-order chi connectivity index (χ0) is 16.4. The molecule has 2 heteroatoms. The summed E-state index contributed by atoms with van der Waals surface area (Å²) >= 11 is 0. The molecule has 23 heavy (non-hydrogen) atoms. The molecule has 0 radical (unpaired) electrons. The third kappa shape index (κ3) is 2.06. The second-order valence-electron chi connectivity index (χ2n) is 9.25. The number of carbonyl (C=O) groups is 2. The summed E-state index contributed by atoms with van der Waals surface area (Å²) in [5.41, 5.74) is 1.95. The molecule has 0 aromatic heterocycles. The highest BCUT2D eigenvalue weighted by atomic mass is 16.1. The minimum Gasteiger partial charge on any atom is -0.300 e. The maximum atomic E-state index is 12.1. The standard InChI is InChI=1S/C21H30O2/c1-13(22)17-6-7-18-16-5-4-14-12-15(23)8-10-20(14,2)19(16)9-11-21(17,18)3/h12,16-19H,4-11H2,1-3H3/t16?,17?,18-,19-,20?,21?/m0/s1. The van der Waals surface area contributed by atoms with E-state index in [2.05, 4.69) is 13.8 Å². The van der Waals surface area contributed by atoms with Crippen molar-refractivity contribution >= 4 is 11.6 Å². The number of allylic oxidation sites excluding steroid dienone is 1. The molecule has 0 aliphatic heterocycles. The van der Waals surface area contributed by atoms with E-state index in [4.69, 9.17) is 0 Å². The molecule has 0 aromatic rings. The number of carbonyl (C=O) groups excluding carboxylic acids is 2. The largest absolute Gasteiger partial charge is 0.300 e. The van der Waals surface area contributed by atoms with Gasteiger partial charge in [-0.05, 0) is 86.5 Å². The fourth-order valence-electron chi connectivity index (χ4n) is 7.23. The van der Waals surface area contributed by atoms with Gasteiger partial charge in [-0.3, -0.25) is 9.59 Å². The third-order valence-corrected chi connectivity index (χ3v) is 8.45. The van der Waals surface area contributed by atoms with Crippen LogP contribution >= 0.6 is 0 Å². The first-order valence-corrected chi connectivity index (χ1v) is 9.60. The first-order chi connectivity index (χ1) is 10.9. The fourth-order valence-corrected chi connectivity index (χ4v) is 7.23. The summed E-state index contributed by atoms with van der Waals surface area (Å²) in [7, 11) is 0. The molecular weight excluding hydrogens is 284 g/mol. The molecule has 0 aromatic carbocycles. The van der Waals surface area contributed by atoms with E-state index in [9.17, 15) is 9.59 Å². The van der Waals surface area contributed by atoms with Crippen LogP contribution in [-0.2, 0) is 9.59 Å². The quantitative estimate of drug-likeness (QED) is 0.701. The highest BCUT2D eigenvalue weighted by molar-refractivity contribution is 5.91. The summed E-state index contributed by atoms with van der Waals surface area (Å²) in [4.78, 5) is 24.0. The van der Waals surface area contributed by atoms with Crippen LogP contribution in [0.5, 0.6) is 0 Å². The Morgan fingerprint density at radius 3 is 2.57 bits per heavy atom. The van der Waals surface area contributed by atoms with Gasteiger partial charge >= 0.3 is 0 Å². The lowest BCUT2D eigenvalue weighted by molar-refractivity contribution is -0.128. The topological polar surface area (TPSA) is 34.1 Å². The number of ketones is 2. The van der Waals surface area contributed by atoms with Crippen molar-refractivity contribution in [2.24, 2.45) is 34.5 Å². The van der Waals surface area contributed by atoms with Gasteiger partial charge in [-0.25, -0.2) is 0 Å². The molecule has 2 nitrogen and oxygen atoms in total. The highest BCUT2D eigenvalue weighted by Gasteiger charge is 2.59. The van der Waals surface area contributed by atoms with Gasteiger partial charge in [-0.1, -0.05) is 19.4 Å². The summed E-state index contributed by atoms with van der Waals surface area (Å²) in [6, 6.07) is 0. The summed E-state index contributed by atoms with van der Waals surface area (Å²) in [5, 5.41) is 0. The van der Waals surface area contributed by atoms with Crippen molar-refractivity contribution < 1.29 is 9.59 Å². The van der Waals surface area contributed by atoms with Gasteiger partial charge in [-0.15, -0.1) is 0 Å². The maximum absolute atomic E-state index is 12.1. The Morgan fingerprint density at radius 2 is 1.83 bits per heavy atom. The number of Topliss-reactive ketones (excluding diaryl/α,β-unsaturated/α-hetero) is 1. The van der Waals surface area contributed by atoms with Gasteiger partial charge in [0.25, 0.3) is 0 Å². The van der Waals surface area contributed by atoms with Crippen molar-refractivity contribution in [3.8, 4) is 0 Å². The number of hydrogen-bond donors (Lipinski definition) is 0. The summed E-state index contributed by atoms with van der Waals surface area (Å²) in [6.45, 7) is 6.65. The van der Waals surface area contributed by atoms with E-state index in [0.717, 1.165) is 43.4 Å². The molecule has 126 valence electrons. The van der Waals surface area contributed by atoms with Crippen molar-refractivity contribution in [1.29, 1.82) is 0 Å². The van der Waals surface area contributed by atoms with Crippen molar-refractivity contribution in [2.75, 3.05) is 0 Å². The van der Waals surface area contributed by atoms with E-state index < -0.39 is 0 Å². The average molecular weight is 314 g/mol. The molecule has 3 fully saturated rings. The molecule has 4 aliphatic rings. The lowest BCUT2D eigenvalue weighted by Crippen LogP contribution is -2.51. The Kier molecular flexibility index (Phi) is 3.42. The molecule has 3 saturated carbocycles. The van der Waals surface area contributed by atoms with Crippen LogP contribution in [0.15, 0.2) is 11.6 Å². The monoisotopic (exact) mass is 314 g/mol. The lowest BCUT2D eigenvalue weighted by Gasteiger charge is -2.58.